The van der Waals surface area contributed by atoms with Crippen molar-refractivity contribution in [1.29, 1.82) is 0 Å². The summed E-state index contributed by atoms with van der Waals surface area (Å²) in [6.45, 7) is 2.40. The van der Waals surface area contributed by atoms with Crippen LogP contribution in [0.25, 0.3) is 0 Å². The van der Waals surface area contributed by atoms with E-state index in [-0.39, 0.29) is 30.1 Å². The molecule has 2 amide bonds. The Bertz CT molecular complexity index is 939. The van der Waals surface area contributed by atoms with Gasteiger partial charge in [0, 0.05) is 26.3 Å². The van der Waals surface area contributed by atoms with Gasteiger partial charge < -0.3 is 15.4 Å². The van der Waals surface area contributed by atoms with Gasteiger partial charge in [0.05, 0.1) is 23.1 Å². The van der Waals surface area contributed by atoms with Gasteiger partial charge >= 0.3 is 0 Å². The molecule has 7 nitrogen and oxygen atoms in total. The quantitative estimate of drug-likeness (QED) is 0.822. The van der Waals surface area contributed by atoms with Crippen molar-refractivity contribution in [3.63, 3.8) is 0 Å². The second kappa shape index (κ2) is 7.81. The largest absolute Gasteiger partial charge is 0.371 e. The van der Waals surface area contributed by atoms with E-state index in [1.807, 2.05) is 18.2 Å². The van der Waals surface area contributed by atoms with Crippen molar-refractivity contribution < 1.29 is 19.1 Å². The zero-order valence-electron chi connectivity index (χ0n) is 15.5. The van der Waals surface area contributed by atoms with Gasteiger partial charge in [-0.15, -0.1) is 0 Å². The number of hydrogen-bond donors (Lipinski definition) is 2. The maximum Gasteiger partial charge on any atom is 0.224 e. The molecule has 2 aromatic rings. The third kappa shape index (κ3) is 3.83. The van der Waals surface area contributed by atoms with E-state index in [9.17, 15) is 14.4 Å². The summed E-state index contributed by atoms with van der Waals surface area (Å²) < 4.78 is 5.83. The Kier molecular flexibility index (Phi) is 5.23. The monoisotopic (exact) mass is 399 g/mol. The molecule has 2 atom stereocenters. The van der Waals surface area contributed by atoms with Crippen molar-refractivity contribution >= 4 is 34.1 Å². The average molecular weight is 399 g/mol. The normalized spacial score (nSPS) is 20.8. The number of rotatable bonds is 4. The van der Waals surface area contributed by atoms with E-state index in [2.05, 4.69) is 21.7 Å². The van der Waals surface area contributed by atoms with Crippen LogP contribution in [0.2, 0.25) is 0 Å². The Morgan fingerprint density at radius 3 is 2.93 bits per heavy atom. The minimum absolute atomic E-state index is 0.102. The highest BCUT2D eigenvalue weighted by molar-refractivity contribution is 7.17. The second-order valence-corrected chi connectivity index (χ2v) is 8.06. The van der Waals surface area contributed by atoms with E-state index in [1.54, 1.807) is 0 Å². The Labute approximate surface area is 166 Å². The molecule has 1 aromatic heterocycles. The summed E-state index contributed by atoms with van der Waals surface area (Å²) in [7, 11) is 0. The number of benzene rings is 1. The van der Waals surface area contributed by atoms with Crippen molar-refractivity contribution in [3.8, 4) is 0 Å². The van der Waals surface area contributed by atoms with E-state index in [4.69, 9.17) is 4.74 Å². The Hall–Kier alpha value is -2.58. The van der Waals surface area contributed by atoms with Crippen molar-refractivity contribution in [1.82, 2.24) is 10.3 Å². The molecule has 8 heteroatoms. The fraction of sp³-hybridized carbons (Fsp3) is 0.400. The van der Waals surface area contributed by atoms with E-state index < -0.39 is 5.92 Å². The molecule has 0 fully saturated rings. The topological polar surface area (TPSA) is 97.4 Å². The van der Waals surface area contributed by atoms with Crippen LogP contribution in [-0.2, 0) is 27.2 Å². The van der Waals surface area contributed by atoms with E-state index >= 15 is 0 Å². The number of carbonyl (C=O) groups is 3. The number of aromatic nitrogens is 1. The molecule has 0 bridgehead atoms. The molecule has 0 spiro atoms. The molecule has 1 aliphatic heterocycles. The molecular formula is C20H21N3O4S. The maximum absolute atomic E-state index is 12.7. The van der Waals surface area contributed by atoms with Gasteiger partial charge in [-0.25, -0.2) is 4.98 Å². The van der Waals surface area contributed by atoms with Gasteiger partial charge in [0.25, 0.3) is 0 Å². The van der Waals surface area contributed by atoms with E-state index in [0.717, 1.165) is 12.0 Å². The molecule has 0 saturated heterocycles. The lowest BCUT2D eigenvalue weighted by molar-refractivity contribution is -0.125. The van der Waals surface area contributed by atoms with Gasteiger partial charge in [0.15, 0.2) is 10.9 Å². The first-order valence-electron chi connectivity index (χ1n) is 9.29. The fourth-order valence-electron chi connectivity index (χ4n) is 3.70. The number of anilines is 1. The molecule has 0 radical (unpaired) electrons. The van der Waals surface area contributed by atoms with Crippen LogP contribution in [-0.4, -0.2) is 35.7 Å². The van der Waals surface area contributed by atoms with Crippen LogP contribution in [0.15, 0.2) is 24.3 Å². The SMILES string of the molecule is CC(=O)Nc1nc2c(s1)C(=O)C[C@@H](C(=O)NC[C@H]1OCCc3ccccc31)C2. The molecule has 146 valence electrons. The van der Waals surface area contributed by atoms with Crippen LogP contribution < -0.4 is 10.6 Å². The van der Waals surface area contributed by atoms with Crippen molar-refractivity contribution in [2.45, 2.75) is 32.3 Å². The highest BCUT2D eigenvalue weighted by Gasteiger charge is 2.33. The molecule has 28 heavy (non-hydrogen) atoms. The molecule has 0 saturated carbocycles. The maximum atomic E-state index is 12.7. The second-order valence-electron chi connectivity index (χ2n) is 7.06. The summed E-state index contributed by atoms with van der Waals surface area (Å²) in [4.78, 5) is 41.2. The van der Waals surface area contributed by atoms with Crippen LogP contribution in [0.1, 0.15) is 45.9 Å². The highest BCUT2D eigenvalue weighted by Crippen LogP contribution is 2.32. The number of Topliss-reactive ketones (excluding diaryl/α,β-unsaturated/α-hetero) is 1. The van der Waals surface area contributed by atoms with Crippen LogP contribution in [0, 0.1) is 5.92 Å². The van der Waals surface area contributed by atoms with Crippen molar-refractivity contribution in [3.05, 3.63) is 46.0 Å². The summed E-state index contributed by atoms with van der Waals surface area (Å²) in [5.74, 6) is -0.957. The van der Waals surface area contributed by atoms with E-state index in [1.165, 1.54) is 23.8 Å². The number of nitrogens with one attached hydrogen (secondary N) is 2. The van der Waals surface area contributed by atoms with Crippen LogP contribution in [0.3, 0.4) is 0 Å². The third-order valence-electron chi connectivity index (χ3n) is 5.03. The molecule has 2 N–H and O–H groups in total. The molecular weight excluding hydrogens is 378 g/mol. The molecule has 2 aliphatic rings. The van der Waals surface area contributed by atoms with Crippen LogP contribution in [0.5, 0.6) is 0 Å². The Balaban J connectivity index is 1.40. The Morgan fingerprint density at radius 1 is 1.29 bits per heavy atom. The summed E-state index contributed by atoms with van der Waals surface area (Å²) >= 11 is 1.17. The molecule has 1 aromatic carbocycles. The van der Waals surface area contributed by atoms with Crippen LogP contribution in [0.4, 0.5) is 5.13 Å². The first-order chi connectivity index (χ1) is 13.5. The molecule has 4 rings (SSSR count). The predicted octanol–water partition coefficient (Wildman–Crippen LogP) is 2.28. The number of ketones is 1. The van der Waals surface area contributed by atoms with Gasteiger partial charge in [-0.05, 0) is 17.5 Å². The summed E-state index contributed by atoms with van der Waals surface area (Å²) in [6.07, 6.45) is 1.25. The fourth-order valence-corrected chi connectivity index (χ4v) is 4.69. The first-order valence-corrected chi connectivity index (χ1v) is 10.1. The number of hydrogen-bond acceptors (Lipinski definition) is 6. The minimum Gasteiger partial charge on any atom is -0.371 e. The summed E-state index contributed by atoms with van der Waals surface area (Å²) in [5, 5.41) is 5.95. The number of ether oxygens (including phenoxy) is 1. The zero-order valence-corrected chi connectivity index (χ0v) is 16.3. The summed E-state index contributed by atoms with van der Waals surface area (Å²) in [5.41, 5.74) is 2.94. The Morgan fingerprint density at radius 2 is 2.11 bits per heavy atom. The van der Waals surface area contributed by atoms with Crippen molar-refractivity contribution in [2.75, 3.05) is 18.5 Å². The predicted molar refractivity (Wildman–Crippen MR) is 104 cm³/mol. The lowest BCUT2D eigenvalue weighted by Gasteiger charge is -2.27. The lowest BCUT2D eigenvalue weighted by atomic mass is 9.89. The van der Waals surface area contributed by atoms with Crippen molar-refractivity contribution in [2.24, 2.45) is 5.92 Å². The number of carbonyl (C=O) groups excluding carboxylic acids is 3. The standard InChI is InChI=1S/C20H21N3O4S/c1-11(24)22-20-23-15-8-13(9-16(25)18(15)28-20)19(26)21-10-17-14-5-3-2-4-12(14)6-7-27-17/h2-5,13,17H,6-10H2,1H3,(H,21,26)(H,22,23,24)/t13-,17+/m0/s1. The first kappa shape index (κ1) is 18.8. The molecule has 0 unspecified atom stereocenters. The smallest absolute Gasteiger partial charge is 0.224 e. The average Bonchev–Trinajstić information content (AvgIpc) is 3.08. The summed E-state index contributed by atoms with van der Waals surface area (Å²) in [6, 6.07) is 8.09. The third-order valence-corrected chi connectivity index (χ3v) is 6.08. The van der Waals surface area contributed by atoms with Crippen LogP contribution >= 0.6 is 11.3 Å². The minimum atomic E-state index is -0.453. The van der Waals surface area contributed by atoms with Gasteiger partial charge in [-0.3, -0.25) is 14.4 Å². The molecule has 1 aliphatic carbocycles. The number of fused-ring (bicyclic) bond motifs is 2. The number of thiazole rings is 1. The zero-order chi connectivity index (χ0) is 19.7. The number of amides is 2. The van der Waals surface area contributed by atoms with Gasteiger partial charge in [0.2, 0.25) is 11.8 Å². The van der Waals surface area contributed by atoms with Gasteiger partial charge in [0.1, 0.15) is 6.10 Å². The van der Waals surface area contributed by atoms with E-state index in [0.29, 0.717) is 35.3 Å². The lowest BCUT2D eigenvalue weighted by Crippen LogP contribution is -2.38. The molecule has 2 heterocycles. The van der Waals surface area contributed by atoms with Gasteiger partial charge in [-0.1, -0.05) is 35.6 Å². The van der Waals surface area contributed by atoms with Gasteiger partial charge in [-0.2, -0.15) is 0 Å². The highest BCUT2D eigenvalue weighted by atomic mass is 32.1. The number of nitrogens with zero attached hydrogens (tertiary/aromatic N) is 1.